The van der Waals surface area contributed by atoms with Gasteiger partial charge in [0, 0.05) is 18.7 Å². The van der Waals surface area contributed by atoms with Gasteiger partial charge in [-0.3, -0.25) is 4.72 Å². The molecule has 0 aromatic heterocycles. The monoisotopic (exact) mass is 272 g/mol. The molecule has 0 heterocycles. The smallest absolute Gasteiger partial charge is 0.301 e. The Labute approximate surface area is 109 Å². The summed E-state index contributed by atoms with van der Waals surface area (Å²) in [7, 11) is -3.56. The highest BCUT2D eigenvalue weighted by Gasteiger charge is 2.20. The van der Waals surface area contributed by atoms with E-state index in [1.807, 2.05) is 0 Å². The van der Waals surface area contributed by atoms with E-state index in [2.05, 4.69) is 4.72 Å². The summed E-state index contributed by atoms with van der Waals surface area (Å²) in [6, 6.07) is 6.83. The maximum Gasteiger partial charge on any atom is 0.301 e. The van der Waals surface area contributed by atoms with Crippen molar-refractivity contribution in [1.82, 2.24) is 4.31 Å². The minimum atomic E-state index is -3.56. The van der Waals surface area contributed by atoms with Crippen molar-refractivity contribution >= 4 is 15.9 Å². The molecular formula is C12H20N2O3S. The van der Waals surface area contributed by atoms with Crippen LogP contribution in [0.15, 0.2) is 24.3 Å². The Morgan fingerprint density at radius 3 is 2.33 bits per heavy atom. The fraction of sp³-hybridized carbons (Fsp3) is 0.500. The molecule has 0 amide bonds. The van der Waals surface area contributed by atoms with Crippen molar-refractivity contribution in [1.29, 1.82) is 0 Å². The van der Waals surface area contributed by atoms with Crippen LogP contribution < -0.4 is 4.72 Å². The summed E-state index contributed by atoms with van der Waals surface area (Å²) in [6.07, 6.45) is -0.722. The molecule has 0 saturated carbocycles. The quantitative estimate of drug-likeness (QED) is 0.828. The van der Waals surface area contributed by atoms with Gasteiger partial charge in [0.05, 0.1) is 11.8 Å². The number of nitrogens with zero attached hydrogens (tertiary/aromatic N) is 1. The Balaban J connectivity index is 3.04. The second kappa shape index (κ2) is 6.17. The van der Waals surface area contributed by atoms with Crippen LogP contribution in [0.3, 0.4) is 0 Å². The molecule has 1 rings (SSSR count). The number of hydrogen-bond acceptors (Lipinski definition) is 3. The molecule has 0 aliphatic heterocycles. The number of aliphatic hydroxyl groups is 1. The number of nitrogens with one attached hydrogen (secondary N) is 1. The Morgan fingerprint density at radius 1 is 1.28 bits per heavy atom. The fourth-order valence-electron chi connectivity index (χ4n) is 1.72. The van der Waals surface area contributed by atoms with E-state index in [1.165, 1.54) is 4.31 Å². The molecule has 0 fully saturated rings. The molecule has 102 valence electrons. The van der Waals surface area contributed by atoms with E-state index in [-0.39, 0.29) is 0 Å². The summed E-state index contributed by atoms with van der Waals surface area (Å²) in [5.74, 6) is 0. The molecule has 1 unspecified atom stereocenters. The average Bonchev–Trinajstić information content (AvgIpc) is 2.29. The lowest BCUT2D eigenvalue weighted by molar-refractivity contribution is 0.200. The van der Waals surface area contributed by atoms with E-state index in [4.69, 9.17) is 0 Å². The van der Waals surface area contributed by atoms with Crippen LogP contribution >= 0.6 is 0 Å². The van der Waals surface area contributed by atoms with Gasteiger partial charge in [-0.1, -0.05) is 32.0 Å². The van der Waals surface area contributed by atoms with E-state index in [1.54, 1.807) is 45.0 Å². The highest BCUT2D eigenvalue weighted by Crippen LogP contribution is 2.23. The van der Waals surface area contributed by atoms with Crippen molar-refractivity contribution in [2.24, 2.45) is 0 Å². The highest BCUT2D eigenvalue weighted by atomic mass is 32.2. The first-order chi connectivity index (χ1) is 8.42. The topological polar surface area (TPSA) is 69.6 Å². The predicted molar refractivity (Wildman–Crippen MR) is 72.5 cm³/mol. The summed E-state index contributed by atoms with van der Waals surface area (Å²) >= 11 is 0. The van der Waals surface area contributed by atoms with E-state index in [0.29, 0.717) is 24.3 Å². The van der Waals surface area contributed by atoms with Crippen LogP contribution in [0.4, 0.5) is 5.69 Å². The molecule has 6 heteroatoms. The SMILES string of the molecule is CCN(CC)S(=O)(=O)Nc1ccccc1C(C)O. The standard InChI is InChI=1S/C12H20N2O3S/c1-4-14(5-2)18(16,17)13-12-9-7-6-8-11(12)10(3)15/h6-10,13,15H,4-5H2,1-3H3. The van der Waals surface area contributed by atoms with Crippen molar-refractivity contribution in [2.45, 2.75) is 26.9 Å². The van der Waals surface area contributed by atoms with Crippen LogP contribution in [-0.4, -0.2) is 30.9 Å². The van der Waals surface area contributed by atoms with Gasteiger partial charge < -0.3 is 5.11 Å². The predicted octanol–water partition coefficient (Wildman–Crippen LogP) is 1.74. The van der Waals surface area contributed by atoms with Crippen LogP contribution in [0.25, 0.3) is 0 Å². The summed E-state index contributed by atoms with van der Waals surface area (Å²) in [6.45, 7) is 5.97. The van der Waals surface area contributed by atoms with Crippen LogP contribution in [0, 0.1) is 0 Å². The molecule has 0 saturated heterocycles. The largest absolute Gasteiger partial charge is 0.389 e. The lowest BCUT2D eigenvalue weighted by Gasteiger charge is -2.21. The molecule has 1 aromatic rings. The molecule has 1 aromatic carbocycles. The zero-order valence-electron chi connectivity index (χ0n) is 10.9. The normalized spacial score (nSPS) is 13.6. The molecule has 0 aliphatic carbocycles. The van der Waals surface area contributed by atoms with E-state index >= 15 is 0 Å². The van der Waals surface area contributed by atoms with E-state index in [9.17, 15) is 13.5 Å². The number of anilines is 1. The molecule has 0 bridgehead atoms. The van der Waals surface area contributed by atoms with Gasteiger partial charge in [0.25, 0.3) is 0 Å². The lowest BCUT2D eigenvalue weighted by Crippen LogP contribution is -2.35. The summed E-state index contributed by atoms with van der Waals surface area (Å²) in [5, 5.41) is 9.61. The van der Waals surface area contributed by atoms with E-state index in [0.717, 1.165) is 0 Å². The molecular weight excluding hydrogens is 252 g/mol. The third-order valence-corrected chi connectivity index (χ3v) is 4.37. The number of rotatable bonds is 6. The van der Waals surface area contributed by atoms with Gasteiger partial charge >= 0.3 is 10.2 Å². The first kappa shape index (κ1) is 14.9. The molecule has 0 radical (unpaired) electrons. The maximum atomic E-state index is 12.1. The van der Waals surface area contributed by atoms with Crippen LogP contribution in [0.1, 0.15) is 32.4 Å². The van der Waals surface area contributed by atoms with Gasteiger partial charge in [-0.05, 0) is 13.0 Å². The minimum Gasteiger partial charge on any atom is -0.389 e. The number of para-hydroxylation sites is 1. The Hall–Kier alpha value is -1.11. The van der Waals surface area contributed by atoms with Gasteiger partial charge in [0.1, 0.15) is 0 Å². The zero-order valence-corrected chi connectivity index (χ0v) is 11.7. The second-order valence-corrected chi connectivity index (χ2v) is 5.63. The second-order valence-electron chi connectivity index (χ2n) is 3.95. The van der Waals surface area contributed by atoms with Gasteiger partial charge in [-0.2, -0.15) is 12.7 Å². The average molecular weight is 272 g/mol. The minimum absolute atomic E-state index is 0.405. The summed E-state index contributed by atoms with van der Waals surface area (Å²) < 4.78 is 28.0. The molecule has 18 heavy (non-hydrogen) atoms. The maximum absolute atomic E-state index is 12.1. The fourth-order valence-corrected chi connectivity index (χ4v) is 2.99. The molecule has 5 nitrogen and oxygen atoms in total. The van der Waals surface area contributed by atoms with Crippen molar-refractivity contribution in [3.63, 3.8) is 0 Å². The Kier molecular flexibility index (Phi) is 5.13. The van der Waals surface area contributed by atoms with Crippen molar-refractivity contribution in [2.75, 3.05) is 17.8 Å². The Morgan fingerprint density at radius 2 is 1.83 bits per heavy atom. The first-order valence-electron chi connectivity index (χ1n) is 5.97. The molecule has 0 aliphatic rings. The van der Waals surface area contributed by atoms with Gasteiger partial charge in [0.2, 0.25) is 0 Å². The van der Waals surface area contributed by atoms with E-state index < -0.39 is 16.3 Å². The van der Waals surface area contributed by atoms with Crippen LogP contribution in [0.2, 0.25) is 0 Å². The molecule has 2 N–H and O–H groups in total. The van der Waals surface area contributed by atoms with Crippen molar-refractivity contribution in [3.8, 4) is 0 Å². The molecule has 0 spiro atoms. The number of hydrogen-bond donors (Lipinski definition) is 2. The molecule has 1 atom stereocenters. The summed E-state index contributed by atoms with van der Waals surface area (Å²) in [5.41, 5.74) is 0.979. The van der Waals surface area contributed by atoms with Gasteiger partial charge in [-0.25, -0.2) is 0 Å². The van der Waals surface area contributed by atoms with Crippen LogP contribution in [-0.2, 0) is 10.2 Å². The lowest BCUT2D eigenvalue weighted by atomic mass is 10.1. The highest BCUT2D eigenvalue weighted by molar-refractivity contribution is 7.90. The third-order valence-electron chi connectivity index (χ3n) is 2.70. The van der Waals surface area contributed by atoms with Crippen LogP contribution in [0.5, 0.6) is 0 Å². The zero-order chi connectivity index (χ0) is 13.8. The number of benzene rings is 1. The van der Waals surface area contributed by atoms with Crippen molar-refractivity contribution < 1.29 is 13.5 Å². The third kappa shape index (κ3) is 3.44. The van der Waals surface area contributed by atoms with Gasteiger partial charge in [0.15, 0.2) is 0 Å². The Bertz CT molecular complexity index is 482. The summed E-state index contributed by atoms with van der Waals surface area (Å²) in [4.78, 5) is 0. The number of aliphatic hydroxyl groups excluding tert-OH is 1. The first-order valence-corrected chi connectivity index (χ1v) is 7.41. The van der Waals surface area contributed by atoms with Gasteiger partial charge in [-0.15, -0.1) is 0 Å². The van der Waals surface area contributed by atoms with Crippen molar-refractivity contribution in [3.05, 3.63) is 29.8 Å².